The molecule has 4 rings (SSSR count). The van der Waals surface area contributed by atoms with Crippen LogP contribution in [0.5, 0.6) is 11.5 Å². The van der Waals surface area contributed by atoms with Crippen molar-refractivity contribution in [1.29, 1.82) is 0 Å². The first-order chi connectivity index (χ1) is 16.8. The average Bonchev–Trinajstić information content (AvgIpc) is 2.83. The summed E-state index contributed by atoms with van der Waals surface area (Å²) in [4.78, 5) is 6.88. The second-order valence-electron chi connectivity index (χ2n) is 9.62. The zero-order chi connectivity index (χ0) is 25.0. The molecule has 0 aromatic heterocycles. The van der Waals surface area contributed by atoms with Gasteiger partial charge < -0.3 is 20.9 Å². The Morgan fingerprint density at radius 1 is 1.06 bits per heavy atom. The van der Waals surface area contributed by atoms with Crippen LogP contribution in [0.4, 0.5) is 4.39 Å². The Labute approximate surface area is 207 Å². The summed E-state index contributed by atoms with van der Waals surface area (Å²) >= 11 is 0. The maximum Gasteiger partial charge on any atom is 0.131 e. The molecule has 0 spiro atoms. The molecule has 0 radical (unpaired) electrons. The Kier molecular flexibility index (Phi) is 7.77. The molecule has 2 atom stereocenters. The molecular weight excluding hydrogens is 443 g/mol. The summed E-state index contributed by atoms with van der Waals surface area (Å²) in [5.41, 5.74) is 15.8. The number of aliphatic imine (C=N–C) groups is 1. The van der Waals surface area contributed by atoms with Crippen LogP contribution in [-0.2, 0) is 6.54 Å². The Morgan fingerprint density at radius 3 is 2.23 bits per heavy atom. The molecule has 7 heteroatoms. The van der Waals surface area contributed by atoms with Crippen LogP contribution in [0.2, 0.25) is 0 Å². The molecule has 4 N–H and O–H groups in total. The third-order valence-corrected chi connectivity index (χ3v) is 7.23. The van der Waals surface area contributed by atoms with Gasteiger partial charge in [0, 0.05) is 23.9 Å². The number of hydrogen-bond donors (Lipinski definition) is 2. The highest BCUT2D eigenvalue weighted by molar-refractivity contribution is 5.79. The monoisotopic (exact) mass is 480 g/mol. The highest BCUT2D eigenvalue weighted by Gasteiger charge is 2.41. The number of nitrogens with zero attached hydrogens (tertiary/aromatic N) is 2. The molecule has 2 aromatic carbocycles. The topological polar surface area (TPSA) is 86.1 Å². The number of nitrogens with two attached hydrogens (primary N) is 2. The lowest BCUT2D eigenvalue weighted by atomic mass is 9.69. The van der Waals surface area contributed by atoms with Crippen molar-refractivity contribution in [3.63, 3.8) is 0 Å². The first-order valence-corrected chi connectivity index (χ1v) is 12.5. The highest BCUT2D eigenvalue weighted by atomic mass is 19.1. The van der Waals surface area contributed by atoms with Crippen molar-refractivity contribution < 1.29 is 13.9 Å². The summed E-state index contributed by atoms with van der Waals surface area (Å²) < 4.78 is 25.6. The minimum Gasteiger partial charge on any atom is -0.493 e. The van der Waals surface area contributed by atoms with E-state index in [-0.39, 0.29) is 17.4 Å². The van der Waals surface area contributed by atoms with Gasteiger partial charge in [-0.1, -0.05) is 25.1 Å². The van der Waals surface area contributed by atoms with E-state index in [1.54, 1.807) is 18.3 Å². The van der Waals surface area contributed by atoms with Gasteiger partial charge in [-0.3, -0.25) is 9.89 Å². The van der Waals surface area contributed by atoms with Gasteiger partial charge in [0.25, 0.3) is 0 Å². The molecule has 188 valence electrons. The van der Waals surface area contributed by atoms with E-state index in [0.29, 0.717) is 24.8 Å². The number of dihydropyridines is 1. The molecule has 2 aliphatic heterocycles. The number of piperidine rings is 1. The second kappa shape index (κ2) is 10.8. The van der Waals surface area contributed by atoms with Crippen LogP contribution >= 0.6 is 0 Å². The van der Waals surface area contributed by atoms with Crippen molar-refractivity contribution in [3.8, 4) is 22.6 Å². The van der Waals surface area contributed by atoms with Gasteiger partial charge >= 0.3 is 0 Å². The van der Waals surface area contributed by atoms with Crippen molar-refractivity contribution >= 4 is 6.21 Å². The Hall–Kier alpha value is -2.90. The van der Waals surface area contributed by atoms with Crippen LogP contribution in [0.25, 0.3) is 11.1 Å². The molecule has 2 unspecified atom stereocenters. The summed E-state index contributed by atoms with van der Waals surface area (Å²) in [5, 5.41) is 0. The Morgan fingerprint density at radius 2 is 1.66 bits per heavy atom. The fourth-order valence-electron chi connectivity index (χ4n) is 5.31. The molecule has 0 bridgehead atoms. The van der Waals surface area contributed by atoms with Crippen molar-refractivity contribution in [2.45, 2.75) is 46.3 Å². The maximum absolute atomic E-state index is 13.5. The van der Waals surface area contributed by atoms with Crippen molar-refractivity contribution in [2.24, 2.45) is 27.8 Å². The molecule has 1 saturated heterocycles. The quantitative estimate of drug-likeness (QED) is 0.571. The number of ether oxygens (including phenoxy) is 2. The number of allylic oxidation sites excluding steroid dienone is 1. The van der Waals surface area contributed by atoms with E-state index in [2.05, 4.69) is 35.0 Å². The zero-order valence-corrected chi connectivity index (χ0v) is 21.0. The van der Waals surface area contributed by atoms with E-state index in [1.165, 1.54) is 12.1 Å². The largest absolute Gasteiger partial charge is 0.493 e. The number of halogens is 1. The molecule has 35 heavy (non-hydrogen) atoms. The van der Waals surface area contributed by atoms with Crippen molar-refractivity contribution in [3.05, 3.63) is 59.6 Å². The third kappa shape index (κ3) is 5.52. The van der Waals surface area contributed by atoms with E-state index in [9.17, 15) is 4.39 Å². The molecule has 2 aliphatic rings. The van der Waals surface area contributed by atoms with Crippen LogP contribution < -0.4 is 20.9 Å². The standard InChI is InChI=1S/C28H37FN4O2/c1-4-34-24-14-19(15-25(35-5-2)26(24)20-6-8-22(29)9-7-20)18-33-12-10-21(11-13-33)28(3)16-23(30)17-32-27(28)31/h6-9,14-17,21,27H,4-5,10-13,18,30-31H2,1-3H3. The zero-order valence-electron chi connectivity index (χ0n) is 21.0. The summed E-state index contributed by atoms with van der Waals surface area (Å²) in [7, 11) is 0. The number of likely N-dealkylation sites (tertiary alicyclic amines) is 1. The molecular formula is C28H37FN4O2. The van der Waals surface area contributed by atoms with E-state index in [4.69, 9.17) is 20.9 Å². The highest BCUT2D eigenvalue weighted by Crippen LogP contribution is 2.43. The van der Waals surface area contributed by atoms with E-state index in [0.717, 1.165) is 60.7 Å². The van der Waals surface area contributed by atoms with Crippen LogP contribution in [0.3, 0.4) is 0 Å². The number of hydrogen-bond acceptors (Lipinski definition) is 6. The molecule has 6 nitrogen and oxygen atoms in total. The van der Waals surface area contributed by atoms with Crippen LogP contribution in [0.15, 0.2) is 53.2 Å². The van der Waals surface area contributed by atoms with Crippen LogP contribution in [-0.4, -0.2) is 43.6 Å². The Bertz CT molecular complexity index is 1050. The number of benzene rings is 2. The summed E-state index contributed by atoms with van der Waals surface area (Å²) in [6.45, 7) is 9.92. The van der Waals surface area contributed by atoms with Gasteiger partial charge in [0.15, 0.2) is 0 Å². The molecule has 0 aliphatic carbocycles. The van der Waals surface area contributed by atoms with Crippen molar-refractivity contribution in [1.82, 2.24) is 4.90 Å². The van der Waals surface area contributed by atoms with E-state index < -0.39 is 0 Å². The molecule has 1 fully saturated rings. The molecule has 0 amide bonds. The first kappa shape index (κ1) is 25.2. The van der Waals surface area contributed by atoms with Gasteiger partial charge in [0.05, 0.1) is 18.8 Å². The number of rotatable bonds is 8. The molecule has 0 saturated carbocycles. The summed E-state index contributed by atoms with van der Waals surface area (Å²) in [5.74, 6) is 1.68. The Balaban J connectivity index is 1.53. The third-order valence-electron chi connectivity index (χ3n) is 7.23. The summed E-state index contributed by atoms with van der Waals surface area (Å²) in [6, 6.07) is 10.6. The SMILES string of the molecule is CCOc1cc(CN2CCC(C3(C)C=C(N)C=NC3N)CC2)cc(OCC)c1-c1ccc(F)cc1. The predicted molar refractivity (Wildman–Crippen MR) is 139 cm³/mol. The van der Waals surface area contributed by atoms with E-state index in [1.807, 2.05) is 13.8 Å². The predicted octanol–water partition coefficient (Wildman–Crippen LogP) is 4.72. The first-order valence-electron chi connectivity index (χ1n) is 12.5. The normalized spacial score (nSPS) is 23.2. The smallest absolute Gasteiger partial charge is 0.131 e. The lowest BCUT2D eigenvalue weighted by Crippen LogP contribution is -2.48. The van der Waals surface area contributed by atoms with Gasteiger partial charge in [-0.05, 0) is 81.1 Å². The fraction of sp³-hybridized carbons (Fsp3) is 0.464. The van der Waals surface area contributed by atoms with Crippen molar-refractivity contribution in [2.75, 3.05) is 26.3 Å². The lowest BCUT2D eigenvalue weighted by Gasteiger charge is -2.44. The fourth-order valence-corrected chi connectivity index (χ4v) is 5.31. The van der Waals surface area contributed by atoms with Gasteiger partial charge in [0.2, 0.25) is 0 Å². The average molecular weight is 481 g/mol. The lowest BCUT2D eigenvalue weighted by molar-refractivity contribution is 0.0973. The van der Waals surface area contributed by atoms with Crippen LogP contribution in [0.1, 0.15) is 39.2 Å². The van der Waals surface area contributed by atoms with Gasteiger partial charge in [-0.25, -0.2) is 4.39 Å². The van der Waals surface area contributed by atoms with Gasteiger partial charge in [-0.2, -0.15) is 0 Å². The molecule has 2 aromatic rings. The minimum atomic E-state index is -0.266. The van der Waals surface area contributed by atoms with Crippen LogP contribution in [0, 0.1) is 17.2 Å². The molecule has 2 heterocycles. The van der Waals surface area contributed by atoms with Gasteiger partial charge in [0.1, 0.15) is 23.5 Å². The minimum absolute atomic E-state index is 0.216. The van der Waals surface area contributed by atoms with Gasteiger partial charge in [-0.15, -0.1) is 0 Å². The summed E-state index contributed by atoms with van der Waals surface area (Å²) in [6.07, 6.45) is 5.58. The van der Waals surface area contributed by atoms with E-state index >= 15 is 0 Å². The second-order valence-corrected chi connectivity index (χ2v) is 9.62. The maximum atomic E-state index is 13.5.